The van der Waals surface area contributed by atoms with E-state index in [0.29, 0.717) is 23.6 Å². The van der Waals surface area contributed by atoms with E-state index < -0.39 is 5.97 Å². The molecule has 18 heavy (non-hydrogen) atoms. The van der Waals surface area contributed by atoms with Gasteiger partial charge < -0.3 is 9.84 Å². The molecule has 0 amide bonds. The van der Waals surface area contributed by atoms with Gasteiger partial charge in [-0.25, -0.2) is 14.5 Å². The summed E-state index contributed by atoms with van der Waals surface area (Å²) in [6.45, 7) is 1.91. The van der Waals surface area contributed by atoms with Gasteiger partial charge in [0.1, 0.15) is 0 Å². The monoisotopic (exact) mass is 247 g/mol. The summed E-state index contributed by atoms with van der Waals surface area (Å²) in [5.41, 5.74) is 0.988. The Morgan fingerprint density at radius 3 is 3.11 bits per heavy atom. The smallest absolute Gasteiger partial charge is 0.341 e. The summed E-state index contributed by atoms with van der Waals surface area (Å²) in [6.07, 6.45) is 4.54. The molecule has 0 aromatic carbocycles. The third-order valence-corrected chi connectivity index (χ3v) is 2.35. The maximum absolute atomic E-state index is 11.5. The lowest BCUT2D eigenvalue weighted by Crippen LogP contribution is -2.04. The maximum Gasteiger partial charge on any atom is 0.341 e. The Labute approximate surface area is 104 Å². The van der Waals surface area contributed by atoms with Crippen LogP contribution < -0.4 is 0 Å². The van der Waals surface area contributed by atoms with Crippen molar-refractivity contribution in [1.29, 1.82) is 0 Å². The highest BCUT2D eigenvalue weighted by atomic mass is 16.5. The predicted molar refractivity (Wildman–Crippen MR) is 63.2 cm³/mol. The van der Waals surface area contributed by atoms with Crippen LogP contribution in [-0.4, -0.2) is 32.4 Å². The minimum absolute atomic E-state index is 0.141. The van der Waals surface area contributed by atoms with Crippen LogP contribution in [0.2, 0.25) is 0 Å². The number of ether oxygens (including phenoxy) is 1. The summed E-state index contributed by atoms with van der Waals surface area (Å²) in [6, 6.07) is 3.47. The first kappa shape index (κ1) is 12.3. The van der Waals surface area contributed by atoms with Crippen LogP contribution in [0, 0.1) is 0 Å². The van der Waals surface area contributed by atoms with E-state index >= 15 is 0 Å². The van der Waals surface area contributed by atoms with E-state index in [1.165, 1.54) is 17.1 Å². The molecule has 0 fully saturated rings. The van der Waals surface area contributed by atoms with Gasteiger partial charge in [0, 0.05) is 18.0 Å². The Kier molecular flexibility index (Phi) is 3.69. The maximum atomic E-state index is 11.5. The molecule has 0 spiro atoms. The van der Waals surface area contributed by atoms with E-state index in [1.54, 1.807) is 25.3 Å². The molecular weight excluding hydrogens is 234 g/mol. The molecule has 0 atom stereocenters. The number of aromatic nitrogens is 3. The van der Waals surface area contributed by atoms with Crippen LogP contribution in [0.4, 0.5) is 0 Å². The fourth-order valence-electron chi connectivity index (χ4n) is 1.52. The molecule has 0 radical (unpaired) electrons. The van der Waals surface area contributed by atoms with Crippen LogP contribution in [0.25, 0.3) is 5.82 Å². The molecule has 0 aliphatic rings. The van der Waals surface area contributed by atoms with Gasteiger partial charge in [-0.1, -0.05) is 6.07 Å². The van der Waals surface area contributed by atoms with Gasteiger partial charge in [0.05, 0.1) is 25.0 Å². The molecule has 2 aromatic rings. The Balaban J connectivity index is 2.32. The number of esters is 1. The van der Waals surface area contributed by atoms with Gasteiger partial charge in [0.15, 0.2) is 5.82 Å². The molecule has 94 valence electrons. The lowest BCUT2D eigenvalue weighted by atomic mass is 10.3. The largest absolute Gasteiger partial charge is 0.462 e. The van der Waals surface area contributed by atoms with Crippen molar-refractivity contribution in [3.8, 4) is 5.82 Å². The van der Waals surface area contributed by atoms with E-state index in [4.69, 9.17) is 4.74 Å². The Bertz CT molecular complexity index is 551. The van der Waals surface area contributed by atoms with E-state index in [1.807, 2.05) is 0 Å². The van der Waals surface area contributed by atoms with Gasteiger partial charge in [-0.2, -0.15) is 5.10 Å². The fourth-order valence-corrected chi connectivity index (χ4v) is 1.52. The average molecular weight is 247 g/mol. The molecule has 0 saturated heterocycles. The second kappa shape index (κ2) is 5.42. The molecule has 0 unspecified atom stereocenters. The molecule has 0 aliphatic heterocycles. The van der Waals surface area contributed by atoms with Gasteiger partial charge in [0.25, 0.3) is 0 Å². The number of hydrogen-bond donors (Lipinski definition) is 1. The highest BCUT2D eigenvalue weighted by molar-refractivity contribution is 5.88. The molecule has 6 heteroatoms. The second-order valence-corrected chi connectivity index (χ2v) is 3.54. The Hall–Kier alpha value is -2.21. The number of nitrogens with zero attached hydrogens (tertiary/aromatic N) is 3. The van der Waals surface area contributed by atoms with Crippen LogP contribution in [-0.2, 0) is 11.3 Å². The lowest BCUT2D eigenvalue weighted by molar-refractivity contribution is 0.0526. The zero-order valence-electron chi connectivity index (χ0n) is 9.91. The zero-order chi connectivity index (χ0) is 13.0. The van der Waals surface area contributed by atoms with E-state index in [9.17, 15) is 9.90 Å². The molecule has 2 heterocycles. The normalized spacial score (nSPS) is 10.3. The summed E-state index contributed by atoms with van der Waals surface area (Å²) in [5, 5.41) is 13.2. The van der Waals surface area contributed by atoms with Crippen LogP contribution in [0.15, 0.2) is 30.7 Å². The molecule has 0 bridgehead atoms. The number of carbonyl (C=O) groups is 1. The quantitative estimate of drug-likeness (QED) is 0.813. The van der Waals surface area contributed by atoms with Crippen molar-refractivity contribution in [3.63, 3.8) is 0 Å². The zero-order valence-corrected chi connectivity index (χ0v) is 9.91. The molecule has 2 aromatic heterocycles. The first-order chi connectivity index (χ1) is 8.76. The fraction of sp³-hybridized carbons (Fsp3) is 0.250. The first-order valence-electron chi connectivity index (χ1n) is 5.53. The van der Waals surface area contributed by atoms with Crippen LogP contribution >= 0.6 is 0 Å². The molecule has 1 N–H and O–H groups in total. The predicted octanol–water partition coefficient (Wildman–Crippen LogP) is 0.936. The Morgan fingerprint density at radius 2 is 2.39 bits per heavy atom. The number of pyridine rings is 1. The third kappa shape index (κ3) is 2.38. The third-order valence-electron chi connectivity index (χ3n) is 2.35. The van der Waals surface area contributed by atoms with Crippen molar-refractivity contribution in [1.82, 2.24) is 14.8 Å². The number of aliphatic hydroxyl groups is 1. The van der Waals surface area contributed by atoms with Gasteiger partial charge in [-0.15, -0.1) is 0 Å². The van der Waals surface area contributed by atoms with Crippen LogP contribution in [0.1, 0.15) is 22.8 Å². The van der Waals surface area contributed by atoms with Gasteiger partial charge in [0.2, 0.25) is 0 Å². The van der Waals surface area contributed by atoms with Gasteiger partial charge in [-0.05, 0) is 13.0 Å². The van der Waals surface area contributed by atoms with Crippen LogP contribution in [0.3, 0.4) is 0 Å². The summed E-state index contributed by atoms with van der Waals surface area (Å²) in [5.74, 6) is 0.0702. The summed E-state index contributed by atoms with van der Waals surface area (Å²) in [7, 11) is 0. The van der Waals surface area contributed by atoms with Crippen LogP contribution in [0.5, 0.6) is 0 Å². The van der Waals surface area contributed by atoms with Crippen molar-refractivity contribution >= 4 is 5.97 Å². The van der Waals surface area contributed by atoms with Crippen molar-refractivity contribution < 1.29 is 14.6 Å². The van der Waals surface area contributed by atoms with E-state index in [-0.39, 0.29) is 6.61 Å². The topological polar surface area (TPSA) is 77.2 Å². The number of rotatable bonds is 4. The highest BCUT2D eigenvalue weighted by Gasteiger charge is 2.12. The van der Waals surface area contributed by atoms with Gasteiger partial charge in [-0.3, -0.25) is 0 Å². The average Bonchev–Trinajstić information content (AvgIpc) is 2.88. The minimum atomic E-state index is -0.426. The van der Waals surface area contributed by atoms with Crippen molar-refractivity contribution in [3.05, 3.63) is 41.9 Å². The number of hydrogen-bond acceptors (Lipinski definition) is 5. The molecule has 0 saturated carbocycles. The molecule has 0 aliphatic carbocycles. The summed E-state index contributed by atoms with van der Waals surface area (Å²) in [4.78, 5) is 15.6. The summed E-state index contributed by atoms with van der Waals surface area (Å²) < 4.78 is 6.31. The van der Waals surface area contributed by atoms with E-state index in [2.05, 4.69) is 10.1 Å². The SMILES string of the molecule is CCOC(=O)c1cnn(-c2ncccc2CO)c1. The van der Waals surface area contributed by atoms with E-state index in [0.717, 1.165) is 0 Å². The molecular formula is C12H13N3O3. The molecule has 2 rings (SSSR count). The molecule has 6 nitrogen and oxygen atoms in total. The van der Waals surface area contributed by atoms with Crippen molar-refractivity contribution in [2.75, 3.05) is 6.61 Å². The van der Waals surface area contributed by atoms with Crippen molar-refractivity contribution in [2.45, 2.75) is 13.5 Å². The summed E-state index contributed by atoms with van der Waals surface area (Å²) >= 11 is 0. The number of aliphatic hydroxyl groups excluding tert-OH is 1. The second-order valence-electron chi connectivity index (χ2n) is 3.54. The standard InChI is InChI=1S/C12H13N3O3/c1-2-18-12(17)10-6-14-15(7-10)11-9(8-16)4-3-5-13-11/h3-7,16H,2,8H2,1H3. The lowest BCUT2D eigenvalue weighted by Gasteiger charge is -2.04. The van der Waals surface area contributed by atoms with Crippen molar-refractivity contribution in [2.24, 2.45) is 0 Å². The first-order valence-corrected chi connectivity index (χ1v) is 5.53. The highest BCUT2D eigenvalue weighted by Crippen LogP contribution is 2.12. The minimum Gasteiger partial charge on any atom is -0.462 e. The number of carbonyl (C=O) groups excluding carboxylic acids is 1. The Morgan fingerprint density at radius 1 is 1.56 bits per heavy atom. The van der Waals surface area contributed by atoms with Gasteiger partial charge >= 0.3 is 5.97 Å².